The van der Waals surface area contributed by atoms with Crippen LogP contribution in [0, 0.1) is 0 Å². The maximum absolute atomic E-state index is 13.6. The average molecular weight is 632 g/mol. The highest BCUT2D eigenvalue weighted by Crippen LogP contribution is 2.38. The van der Waals surface area contributed by atoms with Gasteiger partial charge in [-0.05, 0) is 67.1 Å². The van der Waals surface area contributed by atoms with Crippen molar-refractivity contribution in [3.8, 4) is 0 Å². The second-order valence-corrected chi connectivity index (χ2v) is 12.0. The first-order valence-electron chi connectivity index (χ1n) is 12.9. The lowest BCUT2D eigenvalue weighted by atomic mass is 10.0. The summed E-state index contributed by atoms with van der Waals surface area (Å²) < 4.78 is 82.1. The van der Waals surface area contributed by atoms with E-state index in [1.54, 1.807) is 24.3 Å². The number of hydrogen-bond acceptors (Lipinski definition) is 4. The number of rotatable bonds is 3. The monoisotopic (exact) mass is 631 g/mol. The first-order valence-corrected chi connectivity index (χ1v) is 13.7. The van der Waals surface area contributed by atoms with E-state index in [1.165, 1.54) is 22.6 Å². The Bertz CT molecular complexity index is 1560. The fraction of sp³-hybridized carbons (Fsp3) is 0.393. The number of fused-ring (bicyclic) bond motifs is 1. The van der Waals surface area contributed by atoms with E-state index in [0.717, 1.165) is 23.6 Å². The summed E-state index contributed by atoms with van der Waals surface area (Å²) in [5, 5.41) is 5.45. The minimum Gasteiger partial charge on any atom is -1.00 e. The molecule has 1 saturated heterocycles. The number of amides is 1. The molecule has 2 aromatic carbocycles. The molecule has 0 N–H and O–H groups in total. The Morgan fingerprint density at radius 2 is 1.67 bits per heavy atom. The molecule has 0 radical (unpaired) electrons. The van der Waals surface area contributed by atoms with Gasteiger partial charge in [-0.25, -0.2) is 0 Å². The van der Waals surface area contributed by atoms with Crippen LogP contribution in [0.4, 0.5) is 26.3 Å². The average Bonchev–Trinajstić information content (AvgIpc) is 3.44. The summed E-state index contributed by atoms with van der Waals surface area (Å²) in [6.45, 7) is 5.55. The highest BCUT2D eigenvalue weighted by Gasteiger charge is 2.41. The topological polar surface area (TPSA) is 50.5 Å². The number of likely N-dealkylation sites (N-methyl/N-ethyl adjacent to an activating group) is 1. The summed E-state index contributed by atoms with van der Waals surface area (Å²) in [5.41, 5.74) is -1.87. The molecule has 3 aromatic rings. The smallest absolute Gasteiger partial charge is 0.416 e. The Hall–Kier alpha value is -3.03. The van der Waals surface area contributed by atoms with E-state index in [1.807, 2.05) is 0 Å². The molecule has 42 heavy (non-hydrogen) atoms. The van der Waals surface area contributed by atoms with Gasteiger partial charge in [0.1, 0.15) is 12.1 Å². The molecule has 2 aliphatic rings. The molecule has 5 rings (SSSR count). The van der Waals surface area contributed by atoms with Gasteiger partial charge in [-0.3, -0.25) is 9.48 Å². The van der Waals surface area contributed by atoms with Gasteiger partial charge in [-0.15, -0.1) is 0 Å². The highest BCUT2D eigenvalue weighted by molar-refractivity contribution is 8.18. The third kappa shape index (κ3) is 6.18. The zero-order chi connectivity index (χ0) is 29.9. The molecule has 0 bridgehead atoms. The molecular weight excluding hydrogens is 604 g/mol. The van der Waals surface area contributed by atoms with Crippen LogP contribution in [0.2, 0.25) is 0 Å². The standard InChI is InChI=1S/C28H28F6N5OS.ClH/c1-16-13-37(14-17(2)39(16,3)4)26-36-25(40)24(41-26)10-18-5-8-23-20(9-18)12-35-38(23)15-19-6-7-21(27(29,30)31)11-22(19)28(32,33)34;/h5-12,16-17H,13-15H2,1-4H3;1H/q+1;/p-1/b24-10-;/t16-,17+;. The number of alkyl halides is 6. The van der Waals surface area contributed by atoms with Crippen molar-refractivity contribution in [2.75, 3.05) is 27.2 Å². The van der Waals surface area contributed by atoms with Gasteiger partial charge in [0.2, 0.25) is 0 Å². The predicted octanol–water partition coefficient (Wildman–Crippen LogP) is 3.27. The molecule has 3 heterocycles. The Morgan fingerprint density at radius 1 is 1.00 bits per heavy atom. The quantitative estimate of drug-likeness (QED) is 0.253. The Morgan fingerprint density at radius 3 is 2.29 bits per heavy atom. The van der Waals surface area contributed by atoms with Gasteiger partial charge in [0, 0.05) is 5.39 Å². The number of benzene rings is 2. The third-order valence-electron chi connectivity index (χ3n) is 8.15. The Kier molecular flexibility index (Phi) is 8.53. The first kappa shape index (κ1) is 31.9. The molecule has 1 aromatic heterocycles. The number of hydrogen-bond donors (Lipinski definition) is 0. The van der Waals surface area contributed by atoms with Crippen LogP contribution in [0.3, 0.4) is 0 Å². The first-order chi connectivity index (χ1) is 19.0. The largest absolute Gasteiger partial charge is 1.00 e. The zero-order valence-corrected chi connectivity index (χ0v) is 24.7. The van der Waals surface area contributed by atoms with Crippen LogP contribution in [-0.4, -0.2) is 69.5 Å². The fourth-order valence-electron chi connectivity index (χ4n) is 5.05. The second-order valence-electron chi connectivity index (χ2n) is 11.0. The van der Waals surface area contributed by atoms with Crippen molar-refractivity contribution in [1.29, 1.82) is 0 Å². The number of thioether (sulfide) groups is 1. The van der Waals surface area contributed by atoms with Crippen LogP contribution in [0.25, 0.3) is 17.0 Å². The Balaban J connectivity index is 0.00000405. The van der Waals surface area contributed by atoms with E-state index in [9.17, 15) is 31.1 Å². The molecular formula is C28H28ClF6N5OS. The van der Waals surface area contributed by atoms with Crippen molar-refractivity contribution in [1.82, 2.24) is 14.7 Å². The molecule has 1 amide bonds. The van der Waals surface area contributed by atoms with Gasteiger partial charge in [0.05, 0.1) is 61.5 Å². The molecule has 6 nitrogen and oxygen atoms in total. The summed E-state index contributed by atoms with van der Waals surface area (Å²) in [4.78, 5) is 19.6. The number of carbonyl (C=O) groups is 1. The summed E-state index contributed by atoms with van der Waals surface area (Å²) in [6, 6.07) is 7.44. The van der Waals surface area contributed by atoms with Crippen molar-refractivity contribution in [2.45, 2.75) is 44.8 Å². The third-order valence-corrected chi connectivity index (χ3v) is 9.19. The van der Waals surface area contributed by atoms with Crippen molar-refractivity contribution >= 4 is 39.8 Å². The number of nitrogens with zero attached hydrogens (tertiary/aromatic N) is 5. The van der Waals surface area contributed by atoms with Gasteiger partial charge in [-0.1, -0.05) is 12.1 Å². The number of carbonyl (C=O) groups excluding carboxylic acids is 1. The van der Waals surface area contributed by atoms with E-state index in [4.69, 9.17) is 0 Å². The summed E-state index contributed by atoms with van der Waals surface area (Å²) in [5.74, 6) is -0.331. The number of aliphatic imine (C=N–C) groups is 1. The van der Waals surface area contributed by atoms with E-state index >= 15 is 0 Å². The van der Waals surface area contributed by atoms with Crippen LogP contribution < -0.4 is 12.4 Å². The summed E-state index contributed by atoms with van der Waals surface area (Å²) in [7, 11) is 4.40. The lowest BCUT2D eigenvalue weighted by Gasteiger charge is -2.49. The SMILES string of the molecule is C[C@@H]1CN(C2=NC(=O)/C(=C/c3ccc4c(cnn4Cc4ccc(C(F)(F)F)cc4C(F)(F)F)c3)S2)C[C@H](C)[N+]1(C)C.[Cl-]. The van der Waals surface area contributed by atoms with Gasteiger partial charge >= 0.3 is 12.4 Å². The Labute approximate surface area is 249 Å². The lowest BCUT2D eigenvalue weighted by Crippen LogP contribution is -3.00. The van der Waals surface area contributed by atoms with Crippen LogP contribution >= 0.6 is 11.8 Å². The number of piperazine rings is 1. The number of quaternary nitrogens is 1. The maximum atomic E-state index is 13.6. The summed E-state index contributed by atoms with van der Waals surface area (Å²) >= 11 is 1.32. The highest BCUT2D eigenvalue weighted by atomic mass is 35.5. The molecule has 226 valence electrons. The van der Waals surface area contributed by atoms with Gasteiger partial charge in [0.15, 0.2) is 5.17 Å². The maximum Gasteiger partial charge on any atom is 0.416 e. The predicted molar refractivity (Wildman–Crippen MR) is 146 cm³/mol. The zero-order valence-electron chi connectivity index (χ0n) is 23.1. The van der Waals surface area contributed by atoms with Crippen molar-refractivity contribution in [3.05, 3.63) is 69.8 Å². The second kappa shape index (κ2) is 11.2. The van der Waals surface area contributed by atoms with Gasteiger partial charge < -0.3 is 21.8 Å². The van der Waals surface area contributed by atoms with Crippen LogP contribution in [0.5, 0.6) is 0 Å². The molecule has 0 saturated carbocycles. The minimum absolute atomic E-state index is 0. The number of aromatic nitrogens is 2. The lowest BCUT2D eigenvalue weighted by molar-refractivity contribution is -0.939. The fourth-order valence-corrected chi connectivity index (χ4v) is 5.98. The molecule has 2 aliphatic heterocycles. The van der Waals surface area contributed by atoms with Crippen LogP contribution in [-0.2, 0) is 23.7 Å². The number of halogens is 7. The van der Waals surface area contributed by atoms with Crippen molar-refractivity contribution in [2.24, 2.45) is 4.99 Å². The molecule has 0 unspecified atom stereocenters. The molecule has 1 fully saturated rings. The van der Waals surface area contributed by atoms with Crippen molar-refractivity contribution in [3.63, 3.8) is 0 Å². The molecule has 0 spiro atoms. The van der Waals surface area contributed by atoms with E-state index in [-0.39, 0.29) is 36.5 Å². The normalized spacial score (nSPS) is 22.0. The van der Waals surface area contributed by atoms with Crippen LogP contribution in [0.1, 0.15) is 36.1 Å². The van der Waals surface area contributed by atoms with Gasteiger partial charge in [0.25, 0.3) is 5.91 Å². The summed E-state index contributed by atoms with van der Waals surface area (Å²) in [6.07, 6.45) is -6.68. The van der Waals surface area contributed by atoms with E-state index in [0.29, 0.717) is 44.7 Å². The molecule has 0 aliphatic carbocycles. The molecule has 14 heteroatoms. The van der Waals surface area contributed by atoms with Crippen molar-refractivity contribution < 1.29 is 48.0 Å². The van der Waals surface area contributed by atoms with E-state index < -0.39 is 23.5 Å². The van der Waals surface area contributed by atoms with E-state index in [2.05, 4.69) is 42.9 Å². The van der Waals surface area contributed by atoms with Gasteiger partial charge in [-0.2, -0.15) is 36.4 Å². The number of amidine groups is 1. The molecule has 2 atom stereocenters. The minimum atomic E-state index is -4.97. The van der Waals surface area contributed by atoms with Crippen LogP contribution in [0.15, 0.2) is 52.5 Å².